The first-order valence-corrected chi connectivity index (χ1v) is 4.71. The van der Waals surface area contributed by atoms with Crippen LogP contribution in [0.2, 0.25) is 0 Å². The van der Waals surface area contributed by atoms with Gasteiger partial charge in [-0.15, -0.1) is 0 Å². The fraction of sp³-hybridized carbons (Fsp3) is 0.667. The van der Waals surface area contributed by atoms with E-state index in [0.29, 0.717) is 6.54 Å². The lowest BCUT2D eigenvalue weighted by atomic mass is 9.77. The average molecular weight is 180 g/mol. The second kappa shape index (κ2) is 3.03. The monoisotopic (exact) mass is 180 g/mol. The lowest BCUT2D eigenvalue weighted by Gasteiger charge is -2.41. The molecular formula is C9H16N4. The third kappa shape index (κ3) is 1.42. The molecule has 3 N–H and O–H groups in total. The zero-order chi connectivity index (χ0) is 9.31. The molecule has 1 fully saturated rings. The summed E-state index contributed by atoms with van der Waals surface area (Å²) >= 11 is 0. The molecule has 72 valence electrons. The van der Waals surface area contributed by atoms with Gasteiger partial charge in [0.2, 0.25) is 5.95 Å². The van der Waals surface area contributed by atoms with E-state index in [-0.39, 0.29) is 5.54 Å². The van der Waals surface area contributed by atoms with E-state index in [0.717, 1.165) is 18.8 Å². The Bertz CT molecular complexity index is 282. The summed E-state index contributed by atoms with van der Waals surface area (Å²) in [4.78, 5) is 4.23. The van der Waals surface area contributed by atoms with E-state index in [9.17, 15) is 0 Å². The van der Waals surface area contributed by atoms with E-state index in [1.165, 1.54) is 6.42 Å². The molecule has 1 saturated carbocycles. The summed E-state index contributed by atoms with van der Waals surface area (Å²) in [6.07, 6.45) is 7.33. The fourth-order valence-corrected chi connectivity index (χ4v) is 1.71. The molecule has 1 aromatic rings. The number of anilines is 1. The van der Waals surface area contributed by atoms with Crippen molar-refractivity contribution in [3.8, 4) is 0 Å². The lowest BCUT2D eigenvalue weighted by molar-refractivity contribution is 0.285. The van der Waals surface area contributed by atoms with Crippen LogP contribution in [0.4, 0.5) is 5.95 Å². The van der Waals surface area contributed by atoms with Crippen molar-refractivity contribution in [2.45, 2.75) is 24.8 Å². The van der Waals surface area contributed by atoms with Gasteiger partial charge < -0.3 is 15.6 Å². The predicted octanol–water partition coefficient (Wildman–Crippen LogP) is 0.713. The molecule has 0 aliphatic heterocycles. The number of rotatable bonds is 3. The number of nitrogens with zero attached hydrogens (tertiary/aromatic N) is 2. The summed E-state index contributed by atoms with van der Waals surface area (Å²) < 4.78 is 1.98. The topological polar surface area (TPSA) is 55.9 Å². The number of aromatic nitrogens is 2. The van der Waals surface area contributed by atoms with Gasteiger partial charge >= 0.3 is 0 Å². The first-order chi connectivity index (χ1) is 6.26. The quantitative estimate of drug-likeness (QED) is 0.720. The molecule has 1 aliphatic carbocycles. The highest BCUT2D eigenvalue weighted by molar-refractivity contribution is 5.32. The van der Waals surface area contributed by atoms with E-state index >= 15 is 0 Å². The van der Waals surface area contributed by atoms with Gasteiger partial charge in [0.25, 0.3) is 0 Å². The Hall–Kier alpha value is -1.03. The summed E-state index contributed by atoms with van der Waals surface area (Å²) in [5.74, 6) is 0.921. The molecule has 0 bridgehead atoms. The minimum absolute atomic E-state index is 0.124. The highest BCUT2D eigenvalue weighted by Gasteiger charge is 2.36. The third-order valence-corrected chi connectivity index (χ3v) is 2.90. The van der Waals surface area contributed by atoms with Gasteiger partial charge in [0.15, 0.2) is 0 Å². The van der Waals surface area contributed by atoms with Gasteiger partial charge in [-0.05, 0) is 19.3 Å². The number of nitrogens with one attached hydrogen (secondary N) is 1. The minimum Gasteiger partial charge on any atom is -0.349 e. The van der Waals surface area contributed by atoms with E-state index in [4.69, 9.17) is 5.73 Å². The second-order valence-electron chi connectivity index (χ2n) is 3.82. The van der Waals surface area contributed by atoms with Gasteiger partial charge in [-0.3, -0.25) is 0 Å². The molecule has 4 nitrogen and oxygen atoms in total. The molecule has 13 heavy (non-hydrogen) atoms. The maximum atomic E-state index is 5.74. The maximum Gasteiger partial charge on any atom is 0.202 e. The van der Waals surface area contributed by atoms with Crippen molar-refractivity contribution >= 4 is 5.95 Å². The fourth-order valence-electron chi connectivity index (χ4n) is 1.71. The molecule has 0 aromatic carbocycles. The Labute approximate surface area is 78.1 Å². The summed E-state index contributed by atoms with van der Waals surface area (Å²) in [5.41, 5.74) is 5.86. The number of nitrogens with two attached hydrogens (primary N) is 1. The Balaban J connectivity index is 2.08. The molecule has 1 aromatic heterocycles. The van der Waals surface area contributed by atoms with Gasteiger partial charge in [-0.2, -0.15) is 0 Å². The average Bonchev–Trinajstić information content (AvgIpc) is 2.44. The van der Waals surface area contributed by atoms with Crippen LogP contribution in [0.1, 0.15) is 19.3 Å². The van der Waals surface area contributed by atoms with Crippen LogP contribution in [0, 0.1) is 0 Å². The van der Waals surface area contributed by atoms with Crippen LogP contribution < -0.4 is 11.1 Å². The number of aryl methyl sites for hydroxylation is 1. The van der Waals surface area contributed by atoms with Crippen LogP contribution in [-0.2, 0) is 7.05 Å². The highest BCUT2D eigenvalue weighted by Crippen LogP contribution is 2.33. The number of hydrogen-bond acceptors (Lipinski definition) is 3. The van der Waals surface area contributed by atoms with Crippen molar-refractivity contribution in [3.05, 3.63) is 12.4 Å². The second-order valence-corrected chi connectivity index (χ2v) is 3.82. The van der Waals surface area contributed by atoms with Gasteiger partial charge in [0, 0.05) is 26.0 Å². The summed E-state index contributed by atoms with van der Waals surface area (Å²) in [6.45, 7) is 0.694. The Morgan fingerprint density at radius 3 is 2.85 bits per heavy atom. The van der Waals surface area contributed by atoms with Crippen LogP contribution in [0.3, 0.4) is 0 Å². The van der Waals surface area contributed by atoms with Gasteiger partial charge in [0.1, 0.15) is 0 Å². The molecule has 1 heterocycles. The van der Waals surface area contributed by atoms with E-state index in [1.807, 2.05) is 17.8 Å². The molecule has 0 spiro atoms. The van der Waals surface area contributed by atoms with Crippen LogP contribution in [0.15, 0.2) is 12.4 Å². The Kier molecular flexibility index (Phi) is 2.00. The minimum atomic E-state index is 0.124. The zero-order valence-corrected chi connectivity index (χ0v) is 7.95. The van der Waals surface area contributed by atoms with E-state index in [2.05, 4.69) is 10.3 Å². The van der Waals surface area contributed by atoms with Crippen molar-refractivity contribution in [2.75, 3.05) is 11.9 Å². The third-order valence-electron chi connectivity index (χ3n) is 2.90. The summed E-state index contributed by atoms with van der Waals surface area (Å²) in [7, 11) is 1.98. The molecule has 0 atom stereocenters. The predicted molar refractivity (Wildman–Crippen MR) is 52.5 cm³/mol. The van der Waals surface area contributed by atoms with Gasteiger partial charge in [-0.1, -0.05) is 0 Å². The molecule has 0 amide bonds. The van der Waals surface area contributed by atoms with Crippen molar-refractivity contribution in [3.63, 3.8) is 0 Å². The maximum absolute atomic E-state index is 5.74. The van der Waals surface area contributed by atoms with E-state index < -0.39 is 0 Å². The molecule has 0 unspecified atom stereocenters. The van der Waals surface area contributed by atoms with Gasteiger partial charge in [-0.25, -0.2) is 4.98 Å². The highest BCUT2D eigenvalue weighted by atomic mass is 15.2. The molecule has 4 heteroatoms. The normalized spacial score (nSPS) is 19.5. The zero-order valence-electron chi connectivity index (χ0n) is 7.95. The SMILES string of the molecule is Cn1ccnc1NC1(CN)CCC1. The molecular weight excluding hydrogens is 164 g/mol. The standard InChI is InChI=1S/C9H16N4/c1-13-6-5-11-8(13)12-9(7-10)3-2-4-9/h5-6H,2-4,7,10H2,1H3,(H,11,12). The Morgan fingerprint density at radius 1 is 1.69 bits per heavy atom. The van der Waals surface area contributed by atoms with Crippen LogP contribution in [0.5, 0.6) is 0 Å². The smallest absolute Gasteiger partial charge is 0.202 e. The Morgan fingerprint density at radius 2 is 2.46 bits per heavy atom. The van der Waals surface area contributed by atoms with Crippen molar-refractivity contribution in [1.82, 2.24) is 9.55 Å². The molecule has 1 aliphatic rings. The van der Waals surface area contributed by atoms with Crippen LogP contribution in [0.25, 0.3) is 0 Å². The van der Waals surface area contributed by atoms with Crippen LogP contribution in [-0.4, -0.2) is 21.6 Å². The molecule has 2 rings (SSSR count). The van der Waals surface area contributed by atoms with Crippen LogP contribution >= 0.6 is 0 Å². The number of hydrogen-bond donors (Lipinski definition) is 2. The van der Waals surface area contributed by atoms with Crippen molar-refractivity contribution in [1.29, 1.82) is 0 Å². The van der Waals surface area contributed by atoms with E-state index in [1.54, 1.807) is 6.20 Å². The first kappa shape index (κ1) is 8.56. The first-order valence-electron chi connectivity index (χ1n) is 4.71. The lowest BCUT2D eigenvalue weighted by Crippen LogP contribution is -2.51. The molecule has 0 radical (unpaired) electrons. The summed E-state index contributed by atoms with van der Waals surface area (Å²) in [6, 6.07) is 0. The summed E-state index contributed by atoms with van der Waals surface area (Å²) in [5, 5.41) is 3.42. The molecule has 0 saturated heterocycles. The van der Waals surface area contributed by atoms with Crippen molar-refractivity contribution < 1.29 is 0 Å². The van der Waals surface area contributed by atoms with Crippen molar-refractivity contribution in [2.24, 2.45) is 12.8 Å². The van der Waals surface area contributed by atoms with Gasteiger partial charge in [0.05, 0.1) is 5.54 Å². The number of imidazole rings is 1. The largest absolute Gasteiger partial charge is 0.349 e.